The molecule has 3 heteroatoms. The second-order valence-corrected chi connectivity index (χ2v) is 3.29. The summed E-state index contributed by atoms with van der Waals surface area (Å²) in [5.74, 6) is 5.26. The Hall–Kier alpha value is -1.79. The molecule has 1 rings (SSSR count). The summed E-state index contributed by atoms with van der Waals surface area (Å²) in [5.41, 5.74) is 1.42. The van der Waals surface area contributed by atoms with Gasteiger partial charge in [0, 0.05) is 17.7 Å². The quantitative estimate of drug-likeness (QED) is 0.747. The van der Waals surface area contributed by atoms with Crippen molar-refractivity contribution < 1.29 is 9.90 Å². The topological polar surface area (TPSA) is 49.3 Å². The van der Waals surface area contributed by atoms with Crippen LogP contribution in [0.3, 0.4) is 0 Å². The molecule has 0 bridgehead atoms. The molecule has 0 unspecified atom stereocenters. The van der Waals surface area contributed by atoms with E-state index in [1.807, 2.05) is 6.92 Å². The fraction of sp³-hybridized carbons (Fsp3) is 0.308. The van der Waals surface area contributed by atoms with Gasteiger partial charge >= 0.3 is 0 Å². The Morgan fingerprint density at radius 2 is 2.06 bits per heavy atom. The zero-order chi connectivity index (χ0) is 11.8. The minimum atomic E-state index is -0.154. The maximum Gasteiger partial charge on any atom is 0.251 e. The van der Waals surface area contributed by atoms with E-state index in [4.69, 9.17) is 5.11 Å². The van der Waals surface area contributed by atoms with Gasteiger partial charge in [-0.1, -0.05) is 18.8 Å². The minimum Gasteiger partial charge on any atom is -0.384 e. The van der Waals surface area contributed by atoms with Crippen LogP contribution in [0, 0.1) is 11.8 Å². The maximum atomic E-state index is 11.5. The summed E-state index contributed by atoms with van der Waals surface area (Å²) < 4.78 is 0. The lowest BCUT2D eigenvalue weighted by molar-refractivity contribution is 0.0953. The van der Waals surface area contributed by atoms with Crippen molar-refractivity contribution in [2.75, 3.05) is 13.2 Å². The molecule has 0 atom stereocenters. The average molecular weight is 217 g/mol. The molecule has 0 fully saturated rings. The van der Waals surface area contributed by atoms with Crippen molar-refractivity contribution >= 4 is 5.91 Å². The predicted octanol–water partition coefficient (Wildman–Crippen LogP) is 1.17. The predicted molar refractivity (Wildman–Crippen MR) is 63.0 cm³/mol. The Balaban J connectivity index is 2.67. The first-order valence-electron chi connectivity index (χ1n) is 5.26. The summed E-state index contributed by atoms with van der Waals surface area (Å²) in [6, 6.07) is 6.99. The highest BCUT2D eigenvalue weighted by molar-refractivity contribution is 5.94. The second kappa shape index (κ2) is 6.65. The molecule has 0 aromatic heterocycles. The zero-order valence-electron chi connectivity index (χ0n) is 9.29. The Morgan fingerprint density at radius 1 is 1.38 bits per heavy atom. The van der Waals surface area contributed by atoms with Crippen molar-refractivity contribution in [3.8, 4) is 11.8 Å². The van der Waals surface area contributed by atoms with E-state index in [0.717, 1.165) is 12.0 Å². The van der Waals surface area contributed by atoms with Crippen molar-refractivity contribution in [3.63, 3.8) is 0 Å². The lowest BCUT2D eigenvalue weighted by atomic mass is 10.1. The molecule has 0 aliphatic rings. The van der Waals surface area contributed by atoms with E-state index in [1.165, 1.54) is 0 Å². The highest BCUT2D eigenvalue weighted by Gasteiger charge is 2.02. The number of hydrogen-bond acceptors (Lipinski definition) is 2. The highest BCUT2D eigenvalue weighted by atomic mass is 16.2. The molecule has 0 spiro atoms. The monoisotopic (exact) mass is 217 g/mol. The summed E-state index contributed by atoms with van der Waals surface area (Å²) >= 11 is 0. The number of benzene rings is 1. The van der Waals surface area contributed by atoms with Crippen LogP contribution in [0.1, 0.15) is 29.3 Å². The van der Waals surface area contributed by atoms with Crippen molar-refractivity contribution in [1.82, 2.24) is 5.32 Å². The van der Waals surface area contributed by atoms with Gasteiger partial charge in [0.25, 0.3) is 5.91 Å². The third-order valence-electron chi connectivity index (χ3n) is 1.99. The number of aliphatic hydroxyl groups excluding tert-OH is 1. The maximum absolute atomic E-state index is 11.5. The molecular formula is C13H15NO2. The molecule has 0 aliphatic carbocycles. The third kappa shape index (κ3) is 3.76. The Labute approximate surface area is 95.5 Å². The van der Waals surface area contributed by atoms with Gasteiger partial charge in [0.05, 0.1) is 0 Å². The number of amides is 1. The summed E-state index contributed by atoms with van der Waals surface area (Å²) in [5, 5.41) is 11.3. The number of nitrogens with one attached hydrogen (secondary N) is 1. The van der Waals surface area contributed by atoms with E-state index in [0.29, 0.717) is 12.1 Å². The molecule has 0 aliphatic heterocycles. The highest BCUT2D eigenvalue weighted by Crippen LogP contribution is 2.03. The zero-order valence-corrected chi connectivity index (χ0v) is 9.29. The first-order chi connectivity index (χ1) is 7.77. The Bertz CT molecular complexity index is 398. The minimum absolute atomic E-state index is 0.0662. The number of aliphatic hydroxyl groups is 1. The van der Waals surface area contributed by atoms with Crippen LogP contribution in [0.4, 0.5) is 0 Å². The molecule has 0 saturated carbocycles. The first kappa shape index (κ1) is 12.3. The normalized spacial score (nSPS) is 9.12. The van der Waals surface area contributed by atoms with E-state index < -0.39 is 0 Å². The standard InChI is InChI=1S/C13H15NO2/c1-2-9-14-13(16)12-7-5-11(6-8-12)4-3-10-15/h5-8,15H,2,9-10H2,1H3,(H,14,16). The third-order valence-corrected chi connectivity index (χ3v) is 1.99. The van der Waals surface area contributed by atoms with Crippen LogP contribution in [-0.4, -0.2) is 24.2 Å². The summed E-state index contributed by atoms with van der Waals surface area (Å²) in [6.45, 7) is 2.54. The van der Waals surface area contributed by atoms with Gasteiger partial charge in [0.1, 0.15) is 6.61 Å². The van der Waals surface area contributed by atoms with Gasteiger partial charge in [-0.3, -0.25) is 4.79 Å². The smallest absolute Gasteiger partial charge is 0.251 e. The molecule has 3 nitrogen and oxygen atoms in total. The largest absolute Gasteiger partial charge is 0.384 e. The molecule has 1 amide bonds. The SMILES string of the molecule is CCCNC(=O)c1ccc(C#CCO)cc1. The number of carbonyl (C=O) groups is 1. The van der Waals surface area contributed by atoms with E-state index in [2.05, 4.69) is 17.2 Å². The van der Waals surface area contributed by atoms with Gasteiger partial charge in [0.15, 0.2) is 0 Å². The van der Waals surface area contributed by atoms with Gasteiger partial charge in [-0.25, -0.2) is 0 Å². The van der Waals surface area contributed by atoms with Crippen molar-refractivity contribution in [3.05, 3.63) is 35.4 Å². The van der Waals surface area contributed by atoms with Crippen LogP contribution in [0.2, 0.25) is 0 Å². The fourth-order valence-electron chi connectivity index (χ4n) is 1.19. The van der Waals surface area contributed by atoms with E-state index in [9.17, 15) is 4.79 Å². The van der Waals surface area contributed by atoms with Crippen LogP contribution < -0.4 is 5.32 Å². The van der Waals surface area contributed by atoms with Crippen molar-refractivity contribution in [2.24, 2.45) is 0 Å². The molecule has 0 heterocycles. The fourth-order valence-corrected chi connectivity index (χ4v) is 1.19. The van der Waals surface area contributed by atoms with Crippen molar-refractivity contribution in [1.29, 1.82) is 0 Å². The average Bonchev–Trinajstić information content (AvgIpc) is 2.34. The lowest BCUT2D eigenvalue weighted by Gasteiger charge is -2.02. The molecule has 1 aromatic carbocycles. The summed E-state index contributed by atoms with van der Waals surface area (Å²) in [7, 11) is 0. The van der Waals surface area contributed by atoms with Crippen LogP contribution in [0.15, 0.2) is 24.3 Å². The number of hydrogen-bond donors (Lipinski definition) is 2. The Morgan fingerprint density at radius 3 is 2.62 bits per heavy atom. The molecular weight excluding hydrogens is 202 g/mol. The van der Waals surface area contributed by atoms with Crippen molar-refractivity contribution in [2.45, 2.75) is 13.3 Å². The summed E-state index contributed by atoms with van der Waals surface area (Å²) in [4.78, 5) is 11.5. The van der Waals surface area contributed by atoms with Gasteiger partial charge in [-0.05, 0) is 30.7 Å². The van der Waals surface area contributed by atoms with Gasteiger partial charge < -0.3 is 10.4 Å². The Kier molecular flexibility index (Phi) is 5.10. The van der Waals surface area contributed by atoms with Crippen LogP contribution in [0.5, 0.6) is 0 Å². The van der Waals surface area contributed by atoms with Crippen LogP contribution >= 0.6 is 0 Å². The molecule has 2 N–H and O–H groups in total. The van der Waals surface area contributed by atoms with Gasteiger partial charge in [0.2, 0.25) is 0 Å². The lowest BCUT2D eigenvalue weighted by Crippen LogP contribution is -2.23. The molecule has 0 radical (unpaired) electrons. The molecule has 16 heavy (non-hydrogen) atoms. The van der Waals surface area contributed by atoms with E-state index in [-0.39, 0.29) is 12.5 Å². The van der Waals surface area contributed by atoms with E-state index in [1.54, 1.807) is 24.3 Å². The van der Waals surface area contributed by atoms with Crippen LogP contribution in [-0.2, 0) is 0 Å². The second-order valence-electron chi connectivity index (χ2n) is 3.29. The molecule has 0 saturated heterocycles. The summed E-state index contributed by atoms with van der Waals surface area (Å²) in [6.07, 6.45) is 0.922. The first-order valence-corrected chi connectivity index (χ1v) is 5.26. The molecule has 1 aromatic rings. The van der Waals surface area contributed by atoms with Gasteiger partial charge in [-0.2, -0.15) is 0 Å². The van der Waals surface area contributed by atoms with Gasteiger partial charge in [-0.15, -0.1) is 0 Å². The number of carbonyl (C=O) groups excluding carboxylic acids is 1. The molecule has 84 valence electrons. The van der Waals surface area contributed by atoms with E-state index >= 15 is 0 Å². The van der Waals surface area contributed by atoms with Crippen LogP contribution in [0.25, 0.3) is 0 Å². The number of rotatable bonds is 3.